The monoisotopic (exact) mass is 414 g/mol. The first kappa shape index (κ1) is 23.0. The van der Waals surface area contributed by atoms with Crippen molar-refractivity contribution in [2.75, 3.05) is 0 Å². The quantitative estimate of drug-likeness (QED) is 0.633. The molecule has 0 aromatic heterocycles. The Labute approximate surface area is 179 Å². The minimum Gasteiger partial charge on any atom is -0.352 e. The van der Waals surface area contributed by atoms with Crippen molar-refractivity contribution in [1.82, 2.24) is 10.2 Å². The summed E-state index contributed by atoms with van der Waals surface area (Å²) in [6, 6.07) is 14.9. The highest BCUT2D eigenvalue weighted by Crippen LogP contribution is 2.17. The number of hydrogen-bond acceptors (Lipinski definition) is 2. The third kappa shape index (κ3) is 6.90. The average molecular weight is 415 g/mol. The van der Waals surface area contributed by atoms with Gasteiger partial charge in [0.15, 0.2) is 0 Å². The SMILES string of the molecule is CC[C@@H](C)NC(=O)[C@@H](CC)N(Cc1ccc(Cl)cc1)C(=O)Cc1cccc(C)c1. The van der Waals surface area contributed by atoms with Gasteiger partial charge in [-0.2, -0.15) is 0 Å². The molecule has 2 rings (SSSR count). The topological polar surface area (TPSA) is 49.4 Å². The van der Waals surface area contributed by atoms with Crippen molar-refractivity contribution >= 4 is 23.4 Å². The maximum Gasteiger partial charge on any atom is 0.243 e. The van der Waals surface area contributed by atoms with Crippen molar-refractivity contribution in [3.63, 3.8) is 0 Å². The van der Waals surface area contributed by atoms with Crippen LogP contribution < -0.4 is 5.32 Å². The number of carbonyl (C=O) groups excluding carboxylic acids is 2. The van der Waals surface area contributed by atoms with Crippen LogP contribution in [0.3, 0.4) is 0 Å². The predicted molar refractivity (Wildman–Crippen MR) is 119 cm³/mol. The van der Waals surface area contributed by atoms with Crippen LogP contribution in [0.1, 0.15) is 50.3 Å². The lowest BCUT2D eigenvalue weighted by atomic mass is 10.0. The first-order valence-electron chi connectivity index (χ1n) is 10.2. The molecule has 0 saturated heterocycles. The highest BCUT2D eigenvalue weighted by atomic mass is 35.5. The van der Waals surface area contributed by atoms with E-state index >= 15 is 0 Å². The Hall–Kier alpha value is -2.33. The van der Waals surface area contributed by atoms with Crippen LogP contribution in [-0.2, 0) is 22.6 Å². The van der Waals surface area contributed by atoms with Crippen LogP contribution in [0, 0.1) is 6.92 Å². The highest BCUT2D eigenvalue weighted by Gasteiger charge is 2.29. The van der Waals surface area contributed by atoms with Gasteiger partial charge in [-0.1, -0.05) is 67.4 Å². The zero-order chi connectivity index (χ0) is 21.4. The fraction of sp³-hybridized carbons (Fsp3) is 0.417. The molecule has 0 bridgehead atoms. The molecule has 0 aliphatic heterocycles. The standard InChI is InChI=1S/C24H31ClN2O2/c1-5-18(4)26-24(29)22(6-2)27(16-19-10-12-21(25)13-11-19)23(28)15-20-9-7-8-17(3)14-20/h7-14,18,22H,5-6,15-16H2,1-4H3,(H,26,29)/t18-,22-/m1/s1. The molecule has 1 N–H and O–H groups in total. The number of amides is 2. The van der Waals surface area contributed by atoms with Crippen molar-refractivity contribution in [3.8, 4) is 0 Å². The second-order valence-corrected chi connectivity index (χ2v) is 7.99. The normalized spacial score (nSPS) is 12.9. The zero-order valence-corrected chi connectivity index (χ0v) is 18.5. The Morgan fingerprint density at radius 2 is 1.72 bits per heavy atom. The smallest absolute Gasteiger partial charge is 0.243 e. The molecule has 0 heterocycles. The van der Waals surface area contributed by atoms with E-state index in [-0.39, 0.29) is 24.3 Å². The molecule has 4 nitrogen and oxygen atoms in total. The zero-order valence-electron chi connectivity index (χ0n) is 17.7. The largest absolute Gasteiger partial charge is 0.352 e. The molecular formula is C24H31ClN2O2. The fourth-order valence-electron chi connectivity index (χ4n) is 3.25. The van der Waals surface area contributed by atoms with Crippen molar-refractivity contribution in [3.05, 3.63) is 70.2 Å². The molecule has 5 heteroatoms. The summed E-state index contributed by atoms with van der Waals surface area (Å²) in [4.78, 5) is 27.9. The molecule has 2 aromatic rings. The molecule has 156 valence electrons. The van der Waals surface area contributed by atoms with E-state index in [1.54, 1.807) is 17.0 Å². The van der Waals surface area contributed by atoms with Gasteiger partial charge < -0.3 is 10.2 Å². The third-order valence-corrected chi connectivity index (χ3v) is 5.34. The van der Waals surface area contributed by atoms with E-state index in [9.17, 15) is 9.59 Å². The van der Waals surface area contributed by atoms with Crippen LogP contribution in [-0.4, -0.2) is 28.8 Å². The summed E-state index contributed by atoms with van der Waals surface area (Å²) in [7, 11) is 0. The molecule has 0 radical (unpaired) electrons. The number of benzene rings is 2. The van der Waals surface area contributed by atoms with Gasteiger partial charge in [0.1, 0.15) is 6.04 Å². The molecule has 29 heavy (non-hydrogen) atoms. The van der Waals surface area contributed by atoms with E-state index < -0.39 is 6.04 Å². The number of rotatable bonds is 9. The lowest BCUT2D eigenvalue weighted by molar-refractivity contribution is -0.141. The van der Waals surface area contributed by atoms with Gasteiger partial charge in [0.2, 0.25) is 11.8 Å². The Morgan fingerprint density at radius 1 is 1.03 bits per heavy atom. The summed E-state index contributed by atoms with van der Waals surface area (Å²) >= 11 is 6.00. The van der Waals surface area contributed by atoms with Gasteiger partial charge in [0.25, 0.3) is 0 Å². The van der Waals surface area contributed by atoms with E-state index in [0.717, 1.165) is 23.1 Å². The second-order valence-electron chi connectivity index (χ2n) is 7.56. The maximum absolute atomic E-state index is 13.3. The number of aryl methyl sites for hydroxylation is 1. The van der Waals surface area contributed by atoms with Gasteiger partial charge in [-0.3, -0.25) is 9.59 Å². The number of nitrogens with one attached hydrogen (secondary N) is 1. The lowest BCUT2D eigenvalue weighted by Crippen LogP contribution is -2.51. The van der Waals surface area contributed by atoms with Gasteiger partial charge in [0, 0.05) is 17.6 Å². The van der Waals surface area contributed by atoms with Crippen LogP contribution in [0.25, 0.3) is 0 Å². The van der Waals surface area contributed by atoms with Crippen LogP contribution in [0.4, 0.5) is 0 Å². The Kier molecular flexibility index (Phi) is 8.71. The van der Waals surface area contributed by atoms with Gasteiger partial charge in [-0.25, -0.2) is 0 Å². The number of nitrogens with zero attached hydrogens (tertiary/aromatic N) is 1. The van der Waals surface area contributed by atoms with Gasteiger partial charge in [0.05, 0.1) is 6.42 Å². The van der Waals surface area contributed by atoms with E-state index in [0.29, 0.717) is 18.0 Å². The maximum atomic E-state index is 13.3. The minimum absolute atomic E-state index is 0.0586. The van der Waals surface area contributed by atoms with Crippen LogP contribution in [0.2, 0.25) is 5.02 Å². The van der Waals surface area contributed by atoms with Crippen LogP contribution in [0.5, 0.6) is 0 Å². The molecule has 0 fully saturated rings. The van der Waals surface area contributed by atoms with Crippen molar-refractivity contribution < 1.29 is 9.59 Å². The molecule has 2 aromatic carbocycles. The first-order valence-corrected chi connectivity index (χ1v) is 10.6. The van der Waals surface area contributed by atoms with Crippen LogP contribution >= 0.6 is 11.6 Å². The van der Waals surface area contributed by atoms with Crippen molar-refractivity contribution in [2.24, 2.45) is 0 Å². The number of hydrogen-bond donors (Lipinski definition) is 1. The molecule has 0 aliphatic rings. The summed E-state index contributed by atoms with van der Waals surface area (Å²) in [5, 5.41) is 3.68. The third-order valence-electron chi connectivity index (χ3n) is 5.09. The van der Waals surface area contributed by atoms with E-state index in [1.807, 2.05) is 64.1 Å². The Bertz CT molecular complexity index is 820. The second kappa shape index (κ2) is 11.0. The van der Waals surface area contributed by atoms with E-state index in [2.05, 4.69) is 5.32 Å². The first-order chi connectivity index (χ1) is 13.8. The Balaban J connectivity index is 2.28. The summed E-state index contributed by atoms with van der Waals surface area (Å²) in [5.74, 6) is -0.162. The molecule has 0 aliphatic carbocycles. The average Bonchev–Trinajstić information content (AvgIpc) is 2.69. The van der Waals surface area contributed by atoms with Crippen LogP contribution in [0.15, 0.2) is 48.5 Å². The van der Waals surface area contributed by atoms with Crippen molar-refractivity contribution in [2.45, 2.75) is 65.6 Å². The summed E-state index contributed by atoms with van der Waals surface area (Å²) in [6.45, 7) is 8.32. The summed E-state index contributed by atoms with van der Waals surface area (Å²) in [5.41, 5.74) is 3.01. The highest BCUT2D eigenvalue weighted by molar-refractivity contribution is 6.30. The van der Waals surface area contributed by atoms with Gasteiger partial charge in [-0.15, -0.1) is 0 Å². The molecule has 0 unspecified atom stereocenters. The summed E-state index contributed by atoms with van der Waals surface area (Å²) < 4.78 is 0. The van der Waals surface area contributed by atoms with E-state index in [1.165, 1.54) is 0 Å². The fourth-order valence-corrected chi connectivity index (χ4v) is 3.37. The number of carbonyl (C=O) groups is 2. The van der Waals surface area contributed by atoms with Gasteiger partial charge >= 0.3 is 0 Å². The molecule has 0 spiro atoms. The molecule has 2 atom stereocenters. The van der Waals surface area contributed by atoms with Gasteiger partial charge in [-0.05, 0) is 49.9 Å². The lowest BCUT2D eigenvalue weighted by Gasteiger charge is -2.31. The van der Waals surface area contributed by atoms with Crippen molar-refractivity contribution in [1.29, 1.82) is 0 Å². The molecule has 2 amide bonds. The predicted octanol–water partition coefficient (Wildman–Crippen LogP) is 4.91. The molecule has 0 saturated carbocycles. The minimum atomic E-state index is -0.517. The number of halogens is 1. The Morgan fingerprint density at radius 3 is 2.31 bits per heavy atom. The molecular weight excluding hydrogens is 384 g/mol. The summed E-state index contributed by atoms with van der Waals surface area (Å²) in [6.07, 6.45) is 1.66. The van der Waals surface area contributed by atoms with E-state index in [4.69, 9.17) is 11.6 Å².